The van der Waals surface area contributed by atoms with Crippen LogP contribution < -0.4 is 14.2 Å². The Morgan fingerprint density at radius 2 is 1.78 bits per heavy atom. The molecule has 0 saturated heterocycles. The Morgan fingerprint density at radius 1 is 0.972 bits per heavy atom. The lowest BCUT2D eigenvalue weighted by atomic mass is 10.1. The molecule has 1 aromatic heterocycles. The Kier molecular flexibility index (Phi) is 8.35. The molecule has 7 nitrogen and oxygen atoms in total. The quantitative estimate of drug-likeness (QED) is 0.261. The first-order chi connectivity index (χ1) is 17.4. The molecule has 36 heavy (non-hydrogen) atoms. The number of aryl methyl sites for hydroxylation is 2. The van der Waals surface area contributed by atoms with E-state index < -0.39 is 15.8 Å². The van der Waals surface area contributed by atoms with Gasteiger partial charge in [-0.2, -0.15) is 0 Å². The Balaban J connectivity index is 1.44. The summed E-state index contributed by atoms with van der Waals surface area (Å²) in [5.41, 5.74) is 2.04. The highest BCUT2D eigenvalue weighted by Gasteiger charge is 2.18. The van der Waals surface area contributed by atoms with E-state index in [1.165, 1.54) is 12.1 Å². The summed E-state index contributed by atoms with van der Waals surface area (Å²) in [6.45, 7) is 3.19. The Hall–Kier alpha value is -3.69. The molecule has 0 aliphatic heterocycles. The molecule has 0 atom stereocenters. The van der Waals surface area contributed by atoms with Crippen LogP contribution in [-0.2, 0) is 29.6 Å². The van der Waals surface area contributed by atoms with Crippen LogP contribution in [0.2, 0.25) is 0 Å². The van der Waals surface area contributed by atoms with Gasteiger partial charge in [-0.3, -0.25) is 0 Å². The standard InChI is InChI=1S/C27H28FN3O4S/c1-2-21-9-11-26(27(17-21)34-19-22-7-4-3-5-8-22)35-25-12-10-23(18-24(25)28)36(32,33)30-13-6-15-31-16-14-29-20-31/h3-5,7-12,14,16-18,20,30H,2,6,13,15,19H2,1H3. The van der Waals surface area contributed by atoms with Crippen molar-refractivity contribution < 1.29 is 22.3 Å². The van der Waals surface area contributed by atoms with Crippen molar-refractivity contribution >= 4 is 10.0 Å². The molecule has 1 heterocycles. The molecule has 1 N–H and O–H groups in total. The topological polar surface area (TPSA) is 82.5 Å². The van der Waals surface area contributed by atoms with Crippen LogP contribution in [0.3, 0.4) is 0 Å². The van der Waals surface area contributed by atoms with Gasteiger partial charge in [0.2, 0.25) is 10.0 Å². The molecule has 0 saturated carbocycles. The number of hydrogen-bond donors (Lipinski definition) is 1. The molecule has 0 aliphatic rings. The number of hydrogen-bond acceptors (Lipinski definition) is 5. The number of aromatic nitrogens is 2. The minimum absolute atomic E-state index is 0.0946. The van der Waals surface area contributed by atoms with E-state index in [0.717, 1.165) is 23.6 Å². The van der Waals surface area contributed by atoms with Gasteiger partial charge in [0.1, 0.15) is 6.61 Å². The van der Waals surface area contributed by atoms with Crippen molar-refractivity contribution in [2.75, 3.05) is 6.54 Å². The smallest absolute Gasteiger partial charge is 0.240 e. The number of ether oxygens (including phenoxy) is 2. The summed E-state index contributed by atoms with van der Waals surface area (Å²) in [6.07, 6.45) is 6.50. The number of benzene rings is 3. The summed E-state index contributed by atoms with van der Waals surface area (Å²) < 4.78 is 56.2. The van der Waals surface area contributed by atoms with Gasteiger partial charge in [-0.1, -0.05) is 43.3 Å². The van der Waals surface area contributed by atoms with Crippen LogP contribution in [0.1, 0.15) is 24.5 Å². The summed E-state index contributed by atoms with van der Waals surface area (Å²) in [5.74, 6) is -0.0585. The van der Waals surface area contributed by atoms with Crippen molar-refractivity contribution in [3.05, 3.63) is 102 Å². The fourth-order valence-corrected chi connectivity index (χ4v) is 4.61. The summed E-state index contributed by atoms with van der Waals surface area (Å²) in [6, 6.07) is 18.8. The van der Waals surface area contributed by atoms with Gasteiger partial charge in [-0.05, 0) is 54.3 Å². The maximum atomic E-state index is 14.9. The third-order valence-corrected chi connectivity index (χ3v) is 6.99. The van der Waals surface area contributed by atoms with Crippen molar-refractivity contribution in [1.82, 2.24) is 14.3 Å². The molecule has 0 bridgehead atoms. The van der Waals surface area contributed by atoms with Gasteiger partial charge in [-0.15, -0.1) is 0 Å². The fraction of sp³-hybridized carbons (Fsp3) is 0.222. The Morgan fingerprint density at radius 3 is 2.50 bits per heavy atom. The highest BCUT2D eigenvalue weighted by Crippen LogP contribution is 2.35. The van der Waals surface area contributed by atoms with E-state index in [1.54, 1.807) is 24.8 Å². The second-order valence-electron chi connectivity index (χ2n) is 8.16. The van der Waals surface area contributed by atoms with Crippen molar-refractivity contribution in [3.63, 3.8) is 0 Å². The van der Waals surface area contributed by atoms with E-state index in [4.69, 9.17) is 9.47 Å². The number of sulfonamides is 1. The molecule has 188 valence electrons. The number of halogens is 1. The zero-order valence-corrected chi connectivity index (χ0v) is 20.7. The first-order valence-electron chi connectivity index (χ1n) is 11.7. The SMILES string of the molecule is CCc1ccc(Oc2ccc(S(=O)(=O)NCCCn3ccnc3)cc2F)c(OCc2ccccc2)c1. The molecule has 0 fully saturated rings. The zero-order valence-electron chi connectivity index (χ0n) is 19.9. The van der Waals surface area contributed by atoms with E-state index in [1.807, 2.05) is 54.0 Å². The minimum Gasteiger partial charge on any atom is -0.485 e. The number of imidazole rings is 1. The lowest BCUT2D eigenvalue weighted by molar-refractivity contribution is 0.289. The van der Waals surface area contributed by atoms with Crippen LogP contribution in [0.15, 0.2) is 90.3 Å². The average Bonchev–Trinajstić information content (AvgIpc) is 3.41. The second kappa shape index (κ2) is 11.8. The molecule has 0 amide bonds. The highest BCUT2D eigenvalue weighted by molar-refractivity contribution is 7.89. The van der Waals surface area contributed by atoms with Gasteiger partial charge in [0.15, 0.2) is 23.1 Å². The maximum Gasteiger partial charge on any atom is 0.240 e. The summed E-state index contributed by atoms with van der Waals surface area (Å²) >= 11 is 0. The predicted molar refractivity (Wildman–Crippen MR) is 135 cm³/mol. The van der Waals surface area contributed by atoms with Crippen LogP contribution in [-0.4, -0.2) is 24.5 Å². The van der Waals surface area contributed by atoms with E-state index in [0.29, 0.717) is 31.1 Å². The molecule has 4 rings (SSSR count). The Labute approximate surface area is 210 Å². The third kappa shape index (κ3) is 6.71. The van der Waals surface area contributed by atoms with Gasteiger partial charge in [0.25, 0.3) is 0 Å². The number of nitrogens with one attached hydrogen (secondary N) is 1. The van der Waals surface area contributed by atoms with Crippen LogP contribution in [0.25, 0.3) is 0 Å². The number of rotatable bonds is 12. The van der Waals surface area contributed by atoms with Crippen LogP contribution >= 0.6 is 0 Å². The predicted octanol–water partition coefficient (Wildman–Crippen LogP) is 5.32. The zero-order chi connectivity index (χ0) is 25.4. The molecule has 0 aliphatic carbocycles. The van der Waals surface area contributed by atoms with Gasteiger partial charge in [0.05, 0.1) is 11.2 Å². The maximum absolute atomic E-state index is 14.9. The monoisotopic (exact) mass is 509 g/mol. The second-order valence-corrected chi connectivity index (χ2v) is 9.92. The van der Waals surface area contributed by atoms with Crippen LogP contribution in [0, 0.1) is 5.82 Å². The lowest BCUT2D eigenvalue weighted by Gasteiger charge is -2.15. The van der Waals surface area contributed by atoms with Crippen molar-refractivity contribution in [3.8, 4) is 17.2 Å². The molecule has 0 radical (unpaired) electrons. The molecular weight excluding hydrogens is 481 g/mol. The average molecular weight is 510 g/mol. The van der Waals surface area contributed by atoms with Crippen LogP contribution in [0.5, 0.6) is 17.2 Å². The summed E-state index contributed by atoms with van der Waals surface area (Å²) in [5, 5.41) is 0. The fourth-order valence-electron chi connectivity index (χ4n) is 3.53. The molecule has 3 aromatic carbocycles. The molecule has 9 heteroatoms. The van der Waals surface area contributed by atoms with Gasteiger partial charge in [0, 0.05) is 25.5 Å². The first-order valence-corrected chi connectivity index (χ1v) is 13.2. The van der Waals surface area contributed by atoms with Gasteiger partial charge >= 0.3 is 0 Å². The van der Waals surface area contributed by atoms with Crippen molar-refractivity contribution in [2.24, 2.45) is 0 Å². The molecule has 0 spiro atoms. The van der Waals surface area contributed by atoms with E-state index >= 15 is 0 Å². The van der Waals surface area contributed by atoms with E-state index in [-0.39, 0.29) is 17.2 Å². The third-order valence-electron chi connectivity index (χ3n) is 5.53. The molecular formula is C27H28FN3O4S. The van der Waals surface area contributed by atoms with E-state index in [9.17, 15) is 12.8 Å². The summed E-state index contributed by atoms with van der Waals surface area (Å²) in [7, 11) is -3.87. The van der Waals surface area contributed by atoms with Crippen molar-refractivity contribution in [1.29, 1.82) is 0 Å². The minimum atomic E-state index is -3.87. The lowest BCUT2D eigenvalue weighted by Crippen LogP contribution is -2.25. The van der Waals surface area contributed by atoms with Gasteiger partial charge in [-0.25, -0.2) is 22.5 Å². The highest BCUT2D eigenvalue weighted by atomic mass is 32.2. The molecule has 4 aromatic rings. The normalized spacial score (nSPS) is 11.4. The first kappa shape index (κ1) is 25.4. The van der Waals surface area contributed by atoms with Gasteiger partial charge < -0.3 is 14.0 Å². The van der Waals surface area contributed by atoms with E-state index in [2.05, 4.69) is 9.71 Å². The molecule has 0 unspecified atom stereocenters. The van der Waals surface area contributed by atoms with Crippen molar-refractivity contribution in [2.45, 2.75) is 37.8 Å². The largest absolute Gasteiger partial charge is 0.485 e. The summed E-state index contributed by atoms with van der Waals surface area (Å²) in [4.78, 5) is 3.78. The number of nitrogens with zero attached hydrogens (tertiary/aromatic N) is 2. The Bertz CT molecular complexity index is 1380. The van der Waals surface area contributed by atoms with Crippen LogP contribution in [0.4, 0.5) is 4.39 Å².